The molecule has 1 aromatic carbocycles. The molecule has 2 rings (SSSR count). The zero-order chi connectivity index (χ0) is 15.8. The number of hydrogen-bond donors (Lipinski definition) is 3. The molecule has 1 aliphatic carbocycles. The van der Waals surface area contributed by atoms with Crippen molar-refractivity contribution in [3.05, 3.63) is 30.3 Å². The van der Waals surface area contributed by atoms with Gasteiger partial charge in [-0.25, -0.2) is 0 Å². The molecule has 1 unspecified atom stereocenters. The molecule has 1 aromatic rings. The normalized spacial score (nSPS) is 18.4. The molecule has 22 heavy (non-hydrogen) atoms. The van der Waals surface area contributed by atoms with E-state index in [0.29, 0.717) is 11.8 Å². The lowest BCUT2D eigenvalue weighted by Gasteiger charge is -2.35. The van der Waals surface area contributed by atoms with Gasteiger partial charge >= 0.3 is 0 Å². The first-order valence-electron chi connectivity index (χ1n) is 8.07. The average molecular weight is 321 g/mol. The Morgan fingerprint density at radius 3 is 2.64 bits per heavy atom. The van der Waals surface area contributed by atoms with Crippen LogP contribution in [0, 0.1) is 0 Å². The van der Waals surface area contributed by atoms with Gasteiger partial charge < -0.3 is 15.7 Å². The van der Waals surface area contributed by atoms with Crippen LogP contribution >= 0.6 is 11.8 Å². The number of aliphatic hydroxyl groups is 1. The first kappa shape index (κ1) is 17.2. The second kappa shape index (κ2) is 8.44. The van der Waals surface area contributed by atoms with E-state index < -0.39 is 5.60 Å². The van der Waals surface area contributed by atoms with Crippen LogP contribution in [0.3, 0.4) is 0 Å². The fourth-order valence-corrected chi connectivity index (χ4v) is 3.27. The van der Waals surface area contributed by atoms with Crippen molar-refractivity contribution in [2.24, 2.45) is 4.99 Å². The molecule has 1 aliphatic rings. The van der Waals surface area contributed by atoms with Crippen molar-refractivity contribution in [2.75, 3.05) is 19.6 Å². The summed E-state index contributed by atoms with van der Waals surface area (Å²) in [5.74, 6) is 0.795. The van der Waals surface area contributed by atoms with Crippen LogP contribution in [0.1, 0.15) is 33.1 Å². The molecule has 0 bridgehead atoms. The smallest absolute Gasteiger partial charge is 0.191 e. The number of guanidine groups is 1. The highest BCUT2D eigenvalue weighted by atomic mass is 32.2. The van der Waals surface area contributed by atoms with Crippen molar-refractivity contribution >= 4 is 17.7 Å². The van der Waals surface area contributed by atoms with Gasteiger partial charge in [-0.05, 0) is 38.3 Å². The Kier molecular flexibility index (Phi) is 6.58. The zero-order valence-electron chi connectivity index (χ0n) is 13.5. The van der Waals surface area contributed by atoms with E-state index in [9.17, 15) is 5.11 Å². The third-order valence-corrected chi connectivity index (χ3v) is 4.91. The lowest BCUT2D eigenvalue weighted by molar-refractivity contribution is -0.0236. The number of benzene rings is 1. The molecule has 0 amide bonds. The molecule has 5 heteroatoms. The lowest BCUT2D eigenvalue weighted by atomic mass is 9.80. The van der Waals surface area contributed by atoms with E-state index in [0.717, 1.165) is 38.3 Å². The average Bonchev–Trinajstić information content (AvgIpc) is 2.49. The highest BCUT2D eigenvalue weighted by molar-refractivity contribution is 8.00. The van der Waals surface area contributed by atoms with E-state index in [1.807, 2.05) is 17.8 Å². The molecule has 0 spiro atoms. The first-order chi connectivity index (χ1) is 10.6. The Morgan fingerprint density at radius 2 is 2.05 bits per heavy atom. The Bertz CT molecular complexity index is 474. The summed E-state index contributed by atoms with van der Waals surface area (Å²) in [6, 6.07) is 10.4. The molecule has 0 heterocycles. The van der Waals surface area contributed by atoms with Gasteiger partial charge in [-0.1, -0.05) is 25.1 Å². The van der Waals surface area contributed by atoms with Crippen LogP contribution in [-0.4, -0.2) is 41.6 Å². The Hall–Kier alpha value is -1.20. The number of nitrogens with one attached hydrogen (secondary N) is 2. The van der Waals surface area contributed by atoms with Gasteiger partial charge in [0.05, 0.1) is 12.1 Å². The highest BCUT2D eigenvalue weighted by Crippen LogP contribution is 2.31. The Balaban J connectivity index is 1.79. The van der Waals surface area contributed by atoms with Crippen LogP contribution < -0.4 is 10.6 Å². The number of hydrogen-bond acceptors (Lipinski definition) is 3. The van der Waals surface area contributed by atoms with Crippen LogP contribution in [-0.2, 0) is 0 Å². The molecule has 0 saturated heterocycles. The number of nitrogens with zero attached hydrogens (tertiary/aromatic N) is 1. The van der Waals surface area contributed by atoms with Gasteiger partial charge in [-0.15, -0.1) is 11.8 Å². The molecule has 0 aromatic heterocycles. The number of aliphatic imine (C=N–C) groups is 1. The van der Waals surface area contributed by atoms with Gasteiger partial charge in [0.15, 0.2) is 5.96 Å². The van der Waals surface area contributed by atoms with Gasteiger partial charge in [0.1, 0.15) is 0 Å². The quantitative estimate of drug-likeness (QED) is 0.410. The molecule has 0 aliphatic heterocycles. The van der Waals surface area contributed by atoms with E-state index in [1.54, 1.807) is 0 Å². The third kappa shape index (κ3) is 5.54. The molecule has 4 nitrogen and oxygen atoms in total. The van der Waals surface area contributed by atoms with Gasteiger partial charge in [0.25, 0.3) is 0 Å². The van der Waals surface area contributed by atoms with E-state index in [1.165, 1.54) is 4.90 Å². The minimum atomic E-state index is -0.563. The molecule has 1 fully saturated rings. The Labute approximate surface area is 137 Å². The predicted molar refractivity (Wildman–Crippen MR) is 94.5 cm³/mol. The fourth-order valence-electron chi connectivity index (χ4n) is 2.32. The molecule has 1 atom stereocenters. The van der Waals surface area contributed by atoms with Gasteiger partial charge in [-0.2, -0.15) is 0 Å². The van der Waals surface area contributed by atoms with Gasteiger partial charge in [0, 0.05) is 23.2 Å². The largest absolute Gasteiger partial charge is 0.388 e. The van der Waals surface area contributed by atoms with Crippen molar-refractivity contribution in [2.45, 2.75) is 48.9 Å². The second-order valence-corrected chi connectivity index (χ2v) is 7.41. The fraction of sp³-hybridized carbons (Fsp3) is 0.588. The van der Waals surface area contributed by atoms with Crippen molar-refractivity contribution in [3.63, 3.8) is 0 Å². The van der Waals surface area contributed by atoms with Crippen LogP contribution in [0.25, 0.3) is 0 Å². The molecule has 3 N–H and O–H groups in total. The summed E-state index contributed by atoms with van der Waals surface area (Å²) in [6.45, 7) is 6.40. The van der Waals surface area contributed by atoms with Gasteiger partial charge in [0.2, 0.25) is 0 Å². The Morgan fingerprint density at radius 1 is 1.32 bits per heavy atom. The monoisotopic (exact) mass is 321 g/mol. The number of rotatable bonds is 7. The minimum Gasteiger partial charge on any atom is -0.388 e. The molecular weight excluding hydrogens is 294 g/mol. The zero-order valence-corrected chi connectivity index (χ0v) is 14.3. The van der Waals surface area contributed by atoms with Crippen LogP contribution in [0.2, 0.25) is 0 Å². The van der Waals surface area contributed by atoms with E-state index in [4.69, 9.17) is 0 Å². The summed E-state index contributed by atoms with van der Waals surface area (Å²) in [4.78, 5) is 5.80. The molecule has 1 saturated carbocycles. The maximum absolute atomic E-state index is 10.1. The SMILES string of the molecule is CCNC(=NCC1(O)CCC1)NCC(C)Sc1ccccc1. The summed E-state index contributed by atoms with van der Waals surface area (Å²) in [5, 5.41) is 17.2. The van der Waals surface area contributed by atoms with E-state index in [-0.39, 0.29) is 0 Å². The molecular formula is C17H27N3OS. The third-order valence-electron chi connectivity index (χ3n) is 3.80. The van der Waals surface area contributed by atoms with Crippen LogP contribution in [0.4, 0.5) is 0 Å². The van der Waals surface area contributed by atoms with E-state index in [2.05, 4.69) is 53.7 Å². The van der Waals surface area contributed by atoms with Crippen molar-refractivity contribution in [3.8, 4) is 0 Å². The molecule has 0 radical (unpaired) electrons. The van der Waals surface area contributed by atoms with Crippen LogP contribution in [0.15, 0.2) is 40.2 Å². The maximum atomic E-state index is 10.1. The second-order valence-electron chi connectivity index (χ2n) is 5.90. The summed E-state index contributed by atoms with van der Waals surface area (Å²) >= 11 is 1.85. The number of thioether (sulfide) groups is 1. The van der Waals surface area contributed by atoms with Crippen LogP contribution in [0.5, 0.6) is 0 Å². The van der Waals surface area contributed by atoms with Crippen molar-refractivity contribution in [1.82, 2.24) is 10.6 Å². The highest BCUT2D eigenvalue weighted by Gasteiger charge is 2.34. The minimum absolute atomic E-state index is 0.443. The summed E-state index contributed by atoms with van der Waals surface area (Å²) in [6.07, 6.45) is 2.85. The summed E-state index contributed by atoms with van der Waals surface area (Å²) in [7, 11) is 0. The summed E-state index contributed by atoms with van der Waals surface area (Å²) < 4.78 is 0. The summed E-state index contributed by atoms with van der Waals surface area (Å²) in [5.41, 5.74) is -0.563. The van der Waals surface area contributed by atoms with Crippen molar-refractivity contribution in [1.29, 1.82) is 0 Å². The predicted octanol–water partition coefficient (Wildman–Crippen LogP) is 2.64. The first-order valence-corrected chi connectivity index (χ1v) is 8.95. The van der Waals surface area contributed by atoms with Crippen molar-refractivity contribution < 1.29 is 5.11 Å². The lowest BCUT2D eigenvalue weighted by Crippen LogP contribution is -2.44. The van der Waals surface area contributed by atoms with Gasteiger partial charge in [-0.3, -0.25) is 4.99 Å². The molecule has 122 valence electrons. The standard InChI is InChI=1S/C17H27N3OS/c1-3-18-16(20-13-17(21)10-7-11-17)19-12-14(2)22-15-8-5-4-6-9-15/h4-6,8-9,14,21H,3,7,10-13H2,1-2H3,(H2,18,19,20). The maximum Gasteiger partial charge on any atom is 0.191 e. The topological polar surface area (TPSA) is 56.7 Å². The van der Waals surface area contributed by atoms with E-state index >= 15 is 0 Å².